The molecule has 4 N–H and O–H groups in total. The molecule has 0 aromatic heterocycles. The molecular weight excluding hydrogens is 416 g/mol. The van der Waals surface area contributed by atoms with E-state index in [2.05, 4.69) is 17.8 Å². The molecule has 2 rings (SSSR count). The van der Waals surface area contributed by atoms with E-state index in [0.29, 0.717) is 18.1 Å². The Morgan fingerprint density at radius 3 is 1.59 bits per heavy atom. The van der Waals surface area contributed by atoms with Crippen LogP contribution in [-0.2, 0) is 9.59 Å². The Morgan fingerprint density at radius 2 is 1.16 bits per heavy atom. The van der Waals surface area contributed by atoms with Crippen LogP contribution in [0.15, 0.2) is 48.5 Å². The van der Waals surface area contributed by atoms with E-state index in [-0.39, 0.29) is 11.1 Å². The highest BCUT2D eigenvalue weighted by molar-refractivity contribution is 6.35. The Hall–Kier alpha value is -4.08. The van der Waals surface area contributed by atoms with Gasteiger partial charge in [0.25, 0.3) is 11.8 Å². The van der Waals surface area contributed by atoms with Crippen molar-refractivity contribution >= 4 is 23.6 Å². The van der Waals surface area contributed by atoms with Crippen molar-refractivity contribution in [1.82, 2.24) is 21.7 Å². The second-order valence-corrected chi connectivity index (χ2v) is 6.62. The highest BCUT2D eigenvalue weighted by Gasteiger charge is 2.16. The Morgan fingerprint density at radius 1 is 0.688 bits per heavy atom. The molecule has 0 unspecified atom stereocenters. The number of ether oxygens (including phenoxy) is 2. The van der Waals surface area contributed by atoms with Crippen LogP contribution in [0.4, 0.5) is 0 Å². The highest BCUT2D eigenvalue weighted by atomic mass is 16.5. The molecule has 2 aromatic carbocycles. The van der Waals surface area contributed by atoms with E-state index in [1.165, 1.54) is 31.4 Å². The normalized spacial score (nSPS) is 9.94. The Kier molecular flexibility index (Phi) is 9.51. The van der Waals surface area contributed by atoms with Crippen molar-refractivity contribution in [2.75, 3.05) is 13.7 Å². The first kappa shape index (κ1) is 24.2. The van der Waals surface area contributed by atoms with Crippen LogP contribution in [-0.4, -0.2) is 37.3 Å². The molecule has 4 amide bonds. The fraction of sp³-hybridized carbons (Fsp3) is 0.273. The number of carbonyl (C=O) groups excluding carboxylic acids is 4. The van der Waals surface area contributed by atoms with Crippen molar-refractivity contribution in [3.05, 3.63) is 59.7 Å². The van der Waals surface area contributed by atoms with Crippen molar-refractivity contribution in [2.45, 2.75) is 26.2 Å². The molecule has 0 radical (unpaired) electrons. The summed E-state index contributed by atoms with van der Waals surface area (Å²) in [6.45, 7) is 2.70. The number of carbonyl (C=O) groups is 4. The summed E-state index contributed by atoms with van der Waals surface area (Å²) in [5, 5.41) is 0. The molecule has 0 bridgehead atoms. The molecule has 0 aliphatic heterocycles. The van der Waals surface area contributed by atoms with Gasteiger partial charge in [-0.3, -0.25) is 40.9 Å². The van der Waals surface area contributed by atoms with Crippen LogP contribution in [0.25, 0.3) is 0 Å². The van der Waals surface area contributed by atoms with Gasteiger partial charge >= 0.3 is 11.8 Å². The minimum absolute atomic E-state index is 0.248. The molecule has 2 aromatic rings. The molecule has 0 heterocycles. The summed E-state index contributed by atoms with van der Waals surface area (Å²) in [5.41, 5.74) is 8.67. The maximum absolute atomic E-state index is 12.1. The Balaban J connectivity index is 1.74. The van der Waals surface area contributed by atoms with Crippen LogP contribution in [0.3, 0.4) is 0 Å². The van der Waals surface area contributed by atoms with Gasteiger partial charge in [-0.15, -0.1) is 0 Å². The topological polar surface area (TPSA) is 135 Å². The second-order valence-electron chi connectivity index (χ2n) is 6.62. The number of unbranched alkanes of at least 4 members (excludes halogenated alkanes) is 2. The highest BCUT2D eigenvalue weighted by Crippen LogP contribution is 2.13. The van der Waals surface area contributed by atoms with Gasteiger partial charge in [-0.25, -0.2) is 0 Å². The van der Waals surface area contributed by atoms with E-state index in [4.69, 9.17) is 9.47 Å². The fourth-order valence-electron chi connectivity index (χ4n) is 2.47. The first-order chi connectivity index (χ1) is 15.4. The number of rotatable bonds is 8. The average molecular weight is 442 g/mol. The number of hydrogen-bond donors (Lipinski definition) is 4. The zero-order chi connectivity index (χ0) is 23.3. The van der Waals surface area contributed by atoms with Crippen LogP contribution in [0.1, 0.15) is 46.9 Å². The number of hydrazine groups is 2. The third-order valence-corrected chi connectivity index (χ3v) is 4.27. The van der Waals surface area contributed by atoms with Crippen molar-refractivity contribution in [2.24, 2.45) is 0 Å². The van der Waals surface area contributed by atoms with Crippen molar-refractivity contribution < 1.29 is 28.7 Å². The molecule has 0 spiro atoms. The van der Waals surface area contributed by atoms with Gasteiger partial charge in [0.05, 0.1) is 13.7 Å². The number of nitrogens with one attached hydrogen (secondary N) is 4. The lowest BCUT2D eigenvalue weighted by Crippen LogP contribution is -2.52. The summed E-state index contributed by atoms with van der Waals surface area (Å²) in [4.78, 5) is 47.7. The van der Waals surface area contributed by atoms with Gasteiger partial charge in [0.1, 0.15) is 11.5 Å². The summed E-state index contributed by atoms with van der Waals surface area (Å²) >= 11 is 0. The van der Waals surface area contributed by atoms with E-state index < -0.39 is 23.6 Å². The van der Waals surface area contributed by atoms with E-state index in [1.54, 1.807) is 24.3 Å². The molecule has 170 valence electrons. The maximum Gasteiger partial charge on any atom is 0.329 e. The second kappa shape index (κ2) is 12.6. The number of methoxy groups -OCH3 is 1. The van der Waals surface area contributed by atoms with Gasteiger partial charge in [0.15, 0.2) is 0 Å². The van der Waals surface area contributed by atoms with Gasteiger partial charge in [-0.1, -0.05) is 19.8 Å². The smallest absolute Gasteiger partial charge is 0.329 e. The summed E-state index contributed by atoms with van der Waals surface area (Å²) in [6, 6.07) is 12.5. The van der Waals surface area contributed by atoms with Gasteiger partial charge in [-0.05, 0) is 55.0 Å². The molecule has 0 saturated heterocycles. The lowest BCUT2D eigenvalue weighted by atomic mass is 10.2. The lowest BCUT2D eigenvalue weighted by Gasteiger charge is -2.10. The SMILES string of the molecule is CCCCCOc1ccc(C(=O)NNC(=O)C(=O)NNC(=O)c2ccc(OC)cc2)cc1. The van der Waals surface area contributed by atoms with Crippen molar-refractivity contribution in [3.63, 3.8) is 0 Å². The Bertz CT molecular complexity index is 928. The van der Waals surface area contributed by atoms with Crippen LogP contribution in [0.2, 0.25) is 0 Å². The third-order valence-electron chi connectivity index (χ3n) is 4.27. The van der Waals surface area contributed by atoms with E-state index in [9.17, 15) is 19.2 Å². The lowest BCUT2D eigenvalue weighted by molar-refractivity contribution is -0.140. The summed E-state index contributed by atoms with van der Waals surface area (Å²) < 4.78 is 10.6. The van der Waals surface area contributed by atoms with Crippen molar-refractivity contribution in [3.8, 4) is 11.5 Å². The number of hydrogen-bond acceptors (Lipinski definition) is 6. The van der Waals surface area contributed by atoms with Crippen molar-refractivity contribution in [1.29, 1.82) is 0 Å². The van der Waals surface area contributed by atoms with Gasteiger partial charge < -0.3 is 9.47 Å². The molecular formula is C22H26N4O6. The largest absolute Gasteiger partial charge is 0.497 e. The van der Waals surface area contributed by atoms with Crippen LogP contribution in [0.5, 0.6) is 11.5 Å². The van der Waals surface area contributed by atoms with Crippen LogP contribution >= 0.6 is 0 Å². The van der Waals surface area contributed by atoms with E-state index in [0.717, 1.165) is 19.3 Å². The third kappa shape index (κ3) is 7.63. The van der Waals surface area contributed by atoms with Crippen LogP contribution < -0.4 is 31.2 Å². The number of amides is 4. The predicted molar refractivity (Wildman–Crippen MR) is 116 cm³/mol. The molecule has 10 heteroatoms. The molecule has 0 aliphatic rings. The summed E-state index contributed by atoms with van der Waals surface area (Å²) in [6.07, 6.45) is 3.13. The van der Waals surface area contributed by atoms with Crippen LogP contribution in [0, 0.1) is 0 Å². The molecule has 10 nitrogen and oxygen atoms in total. The number of benzene rings is 2. The van der Waals surface area contributed by atoms with E-state index >= 15 is 0 Å². The monoisotopic (exact) mass is 442 g/mol. The standard InChI is InChI=1S/C22H26N4O6/c1-3-4-5-14-32-18-12-8-16(9-13-18)20(28)24-26-22(30)21(29)25-23-19(27)15-6-10-17(31-2)11-7-15/h6-13H,3-5,14H2,1-2H3,(H,23,27)(H,24,28)(H,25,29)(H,26,30). The summed E-state index contributed by atoms with van der Waals surface area (Å²) in [7, 11) is 1.49. The minimum atomic E-state index is -1.16. The Labute approximate surface area is 185 Å². The molecule has 0 aliphatic carbocycles. The quantitative estimate of drug-likeness (QED) is 0.278. The van der Waals surface area contributed by atoms with Gasteiger partial charge in [0.2, 0.25) is 0 Å². The molecule has 0 saturated carbocycles. The molecule has 0 fully saturated rings. The first-order valence-corrected chi connectivity index (χ1v) is 10.0. The first-order valence-electron chi connectivity index (χ1n) is 10.0. The zero-order valence-corrected chi connectivity index (χ0v) is 17.9. The van der Waals surface area contributed by atoms with Gasteiger partial charge in [-0.2, -0.15) is 0 Å². The molecule has 32 heavy (non-hydrogen) atoms. The minimum Gasteiger partial charge on any atom is -0.497 e. The zero-order valence-electron chi connectivity index (χ0n) is 17.9. The summed E-state index contributed by atoms with van der Waals surface area (Å²) in [5.74, 6) is -2.38. The fourth-order valence-corrected chi connectivity index (χ4v) is 2.47. The average Bonchev–Trinajstić information content (AvgIpc) is 2.83. The molecule has 0 atom stereocenters. The van der Waals surface area contributed by atoms with Gasteiger partial charge in [0, 0.05) is 11.1 Å². The predicted octanol–water partition coefficient (Wildman–Crippen LogP) is 1.49. The maximum atomic E-state index is 12.1. The van der Waals surface area contributed by atoms with E-state index in [1.807, 2.05) is 10.9 Å².